The Hall–Kier alpha value is -3.48. The van der Waals surface area contributed by atoms with E-state index < -0.39 is 10.8 Å². The van der Waals surface area contributed by atoms with Crippen LogP contribution in [-0.4, -0.2) is 67.7 Å². The normalized spacial score (nSPS) is 19.5. The van der Waals surface area contributed by atoms with Crippen molar-refractivity contribution in [1.29, 1.82) is 0 Å². The number of carbonyl (C=O) groups is 2. The van der Waals surface area contributed by atoms with Crippen LogP contribution in [0.15, 0.2) is 91.0 Å². The van der Waals surface area contributed by atoms with E-state index in [-0.39, 0.29) is 18.0 Å². The smallest absolute Gasteiger partial charge is 0.316 e. The molecule has 1 atom stereocenters. The van der Waals surface area contributed by atoms with Crippen molar-refractivity contribution in [3.63, 3.8) is 0 Å². The fraction of sp³-hybridized carbons (Fsp3) is 0.444. The average molecular weight is 569 g/mol. The summed E-state index contributed by atoms with van der Waals surface area (Å²) in [6.07, 6.45) is 2.91. The average Bonchev–Trinajstić information content (AvgIpc) is 3.05. The Morgan fingerprint density at radius 2 is 1.05 bits per heavy atom. The molecule has 0 amide bonds. The molecule has 222 valence electrons. The number of hydrogen-bond donors (Lipinski definition) is 0. The van der Waals surface area contributed by atoms with Gasteiger partial charge in [-0.15, -0.1) is 0 Å². The third kappa shape index (κ3) is 6.16. The van der Waals surface area contributed by atoms with Crippen molar-refractivity contribution in [3.05, 3.63) is 108 Å². The standard InChI is InChI=1S/C36H44N2O4/c1-3-41-33(39)35(30-16-10-6-11-17-30)20-24-37(25-21-35)28-32(29-14-8-5-9-15-29)38-26-22-36(23-27-38,34(40)42-4-2)31-18-12-7-13-19-31/h5-19,32H,3-4,20-28H2,1-2H3. The van der Waals surface area contributed by atoms with E-state index in [0.717, 1.165) is 69.5 Å². The molecule has 0 bridgehead atoms. The van der Waals surface area contributed by atoms with Gasteiger partial charge in [0.25, 0.3) is 0 Å². The highest BCUT2D eigenvalue weighted by Crippen LogP contribution is 2.41. The summed E-state index contributed by atoms with van der Waals surface area (Å²) >= 11 is 0. The molecule has 3 aromatic carbocycles. The van der Waals surface area contributed by atoms with E-state index in [4.69, 9.17) is 9.47 Å². The molecule has 3 aromatic rings. The molecule has 42 heavy (non-hydrogen) atoms. The monoisotopic (exact) mass is 568 g/mol. The first-order chi connectivity index (χ1) is 20.5. The van der Waals surface area contributed by atoms with E-state index in [1.807, 2.05) is 50.2 Å². The predicted octanol–water partition coefficient (Wildman–Crippen LogP) is 5.92. The van der Waals surface area contributed by atoms with E-state index in [1.54, 1.807) is 0 Å². The van der Waals surface area contributed by atoms with Gasteiger partial charge in [-0.1, -0.05) is 91.0 Å². The van der Waals surface area contributed by atoms with Gasteiger partial charge in [0.05, 0.1) is 24.0 Å². The summed E-state index contributed by atoms with van der Waals surface area (Å²) in [4.78, 5) is 31.7. The number of piperidine rings is 2. The fourth-order valence-corrected chi connectivity index (χ4v) is 6.96. The van der Waals surface area contributed by atoms with Gasteiger partial charge >= 0.3 is 11.9 Å². The zero-order valence-corrected chi connectivity index (χ0v) is 25.0. The molecular weight excluding hydrogens is 524 g/mol. The van der Waals surface area contributed by atoms with Gasteiger partial charge in [-0.3, -0.25) is 14.5 Å². The van der Waals surface area contributed by atoms with E-state index >= 15 is 0 Å². The van der Waals surface area contributed by atoms with E-state index in [9.17, 15) is 9.59 Å². The van der Waals surface area contributed by atoms with E-state index in [2.05, 4.69) is 64.4 Å². The summed E-state index contributed by atoms with van der Waals surface area (Å²) in [5.41, 5.74) is 2.16. The summed E-state index contributed by atoms with van der Waals surface area (Å²) in [7, 11) is 0. The molecule has 6 nitrogen and oxygen atoms in total. The minimum Gasteiger partial charge on any atom is -0.465 e. The van der Waals surface area contributed by atoms with Gasteiger partial charge in [0.1, 0.15) is 0 Å². The second-order valence-electron chi connectivity index (χ2n) is 11.6. The van der Waals surface area contributed by atoms with Crippen LogP contribution >= 0.6 is 0 Å². The van der Waals surface area contributed by atoms with Crippen molar-refractivity contribution in [2.45, 2.75) is 56.4 Å². The molecule has 1 unspecified atom stereocenters. The summed E-state index contributed by atoms with van der Waals surface area (Å²) in [5.74, 6) is -0.220. The molecule has 2 aliphatic heterocycles. The molecule has 2 heterocycles. The van der Waals surface area contributed by atoms with Crippen LogP contribution in [0.3, 0.4) is 0 Å². The van der Waals surface area contributed by atoms with Crippen LogP contribution < -0.4 is 0 Å². The number of benzene rings is 3. The molecule has 6 heteroatoms. The lowest BCUT2D eigenvalue weighted by atomic mass is 9.72. The molecule has 0 spiro atoms. The molecule has 0 aliphatic carbocycles. The molecule has 0 N–H and O–H groups in total. The molecule has 2 aliphatic rings. The summed E-state index contributed by atoms with van der Waals surface area (Å²) < 4.78 is 11.2. The second kappa shape index (κ2) is 13.7. The molecule has 2 fully saturated rings. The number of carbonyl (C=O) groups excluding carboxylic acids is 2. The maximum Gasteiger partial charge on any atom is 0.316 e. The molecule has 0 aromatic heterocycles. The Morgan fingerprint density at radius 1 is 0.643 bits per heavy atom. The SMILES string of the molecule is CCOC(=O)C1(c2ccccc2)CCN(CC(c2ccccc2)N2CCC(C(=O)OCC)(c3ccccc3)CC2)CC1. The Bertz CT molecular complexity index is 1280. The third-order valence-corrected chi connectivity index (χ3v) is 9.40. The first kappa shape index (κ1) is 30.0. The van der Waals surface area contributed by atoms with Crippen LogP contribution in [0.4, 0.5) is 0 Å². The Balaban J connectivity index is 1.34. The highest BCUT2D eigenvalue weighted by molar-refractivity contribution is 5.84. The maximum atomic E-state index is 13.4. The van der Waals surface area contributed by atoms with Gasteiger partial charge in [0, 0.05) is 25.7 Å². The molecule has 2 saturated heterocycles. The number of ether oxygens (including phenoxy) is 2. The fourth-order valence-electron chi connectivity index (χ4n) is 6.96. The first-order valence-electron chi connectivity index (χ1n) is 15.5. The highest BCUT2D eigenvalue weighted by atomic mass is 16.5. The molecular formula is C36H44N2O4. The maximum absolute atomic E-state index is 13.4. The highest BCUT2D eigenvalue weighted by Gasteiger charge is 2.47. The van der Waals surface area contributed by atoms with Gasteiger partial charge in [0.2, 0.25) is 0 Å². The Labute approximate surface area is 250 Å². The molecule has 0 saturated carbocycles. The topological polar surface area (TPSA) is 59.1 Å². The van der Waals surface area contributed by atoms with Gasteiger partial charge in [-0.05, 0) is 69.3 Å². The molecule has 0 radical (unpaired) electrons. The van der Waals surface area contributed by atoms with Crippen LogP contribution in [-0.2, 0) is 29.9 Å². The van der Waals surface area contributed by atoms with E-state index in [1.165, 1.54) is 5.56 Å². The number of rotatable bonds is 10. The lowest BCUT2D eigenvalue weighted by Crippen LogP contribution is -2.52. The molecule has 5 rings (SSSR count). The zero-order chi connectivity index (χ0) is 29.4. The largest absolute Gasteiger partial charge is 0.465 e. The van der Waals surface area contributed by atoms with E-state index in [0.29, 0.717) is 13.2 Å². The van der Waals surface area contributed by atoms with Crippen LogP contribution in [0.25, 0.3) is 0 Å². The van der Waals surface area contributed by atoms with Crippen LogP contribution in [0, 0.1) is 0 Å². The van der Waals surface area contributed by atoms with Gasteiger partial charge in [-0.25, -0.2) is 0 Å². The minimum absolute atomic E-state index is 0.109. The van der Waals surface area contributed by atoms with Crippen LogP contribution in [0.2, 0.25) is 0 Å². The quantitative estimate of drug-likeness (QED) is 0.283. The van der Waals surface area contributed by atoms with Crippen LogP contribution in [0.1, 0.15) is 62.3 Å². The number of esters is 2. The van der Waals surface area contributed by atoms with Crippen molar-refractivity contribution in [2.75, 3.05) is 45.9 Å². The predicted molar refractivity (Wildman–Crippen MR) is 165 cm³/mol. The summed E-state index contributed by atoms with van der Waals surface area (Å²) in [6, 6.07) is 31.2. The number of hydrogen-bond acceptors (Lipinski definition) is 6. The number of likely N-dealkylation sites (tertiary alicyclic amines) is 2. The lowest BCUT2D eigenvalue weighted by molar-refractivity contribution is -0.154. The van der Waals surface area contributed by atoms with Crippen molar-refractivity contribution >= 4 is 11.9 Å². The lowest BCUT2D eigenvalue weighted by Gasteiger charge is -2.46. The van der Waals surface area contributed by atoms with Crippen molar-refractivity contribution in [3.8, 4) is 0 Å². The van der Waals surface area contributed by atoms with Crippen LogP contribution in [0.5, 0.6) is 0 Å². The summed E-state index contributed by atoms with van der Waals surface area (Å²) in [6.45, 7) is 8.65. The summed E-state index contributed by atoms with van der Waals surface area (Å²) in [5, 5.41) is 0. The van der Waals surface area contributed by atoms with Gasteiger partial charge in [-0.2, -0.15) is 0 Å². The van der Waals surface area contributed by atoms with Crippen molar-refractivity contribution < 1.29 is 19.1 Å². The van der Waals surface area contributed by atoms with Crippen molar-refractivity contribution in [2.24, 2.45) is 0 Å². The third-order valence-electron chi connectivity index (χ3n) is 9.40. The van der Waals surface area contributed by atoms with Crippen molar-refractivity contribution in [1.82, 2.24) is 9.80 Å². The second-order valence-corrected chi connectivity index (χ2v) is 11.6. The van der Waals surface area contributed by atoms with Gasteiger partial charge < -0.3 is 14.4 Å². The first-order valence-corrected chi connectivity index (χ1v) is 15.5. The minimum atomic E-state index is -0.616. The Kier molecular flexibility index (Phi) is 9.76. The zero-order valence-electron chi connectivity index (χ0n) is 25.0. The Morgan fingerprint density at radius 3 is 1.48 bits per heavy atom. The number of nitrogens with zero attached hydrogens (tertiary/aromatic N) is 2. The van der Waals surface area contributed by atoms with Gasteiger partial charge in [0.15, 0.2) is 0 Å².